The maximum atomic E-state index is 13.5. The Bertz CT molecular complexity index is 682. The number of amides is 2. The van der Waals surface area contributed by atoms with E-state index in [1.54, 1.807) is 17.0 Å². The molecule has 26 heavy (non-hydrogen) atoms. The molecule has 0 aromatic heterocycles. The van der Waals surface area contributed by atoms with Gasteiger partial charge in [0.05, 0.1) is 6.42 Å². The Hall–Kier alpha value is -2.37. The topological polar surface area (TPSA) is 58.6 Å². The first-order valence-electron chi connectivity index (χ1n) is 8.86. The molecule has 1 N–H and O–H groups in total. The normalized spacial score (nSPS) is 17.5. The third kappa shape index (κ3) is 5.86. The van der Waals surface area contributed by atoms with Crippen LogP contribution in [0.2, 0.25) is 0 Å². The number of carbonyl (C=O) groups excluding carboxylic acids is 2. The van der Waals surface area contributed by atoms with Crippen LogP contribution in [0.4, 0.5) is 9.18 Å². The number of hydrogen-bond donors (Lipinski definition) is 1. The van der Waals surface area contributed by atoms with E-state index in [1.165, 1.54) is 12.1 Å². The minimum Gasteiger partial charge on any atom is -0.444 e. The van der Waals surface area contributed by atoms with Crippen LogP contribution in [0.25, 0.3) is 6.08 Å². The third-order valence-corrected chi connectivity index (χ3v) is 4.13. The van der Waals surface area contributed by atoms with Crippen molar-refractivity contribution >= 4 is 18.1 Å². The Morgan fingerprint density at radius 3 is 2.81 bits per heavy atom. The Morgan fingerprint density at radius 1 is 1.42 bits per heavy atom. The Kier molecular flexibility index (Phi) is 6.40. The van der Waals surface area contributed by atoms with E-state index in [9.17, 15) is 14.0 Å². The molecule has 0 aliphatic carbocycles. The lowest BCUT2D eigenvalue weighted by molar-refractivity contribution is -0.131. The zero-order valence-corrected chi connectivity index (χ0v) is 15.7. The van der Waals surface area contributed by atoms with Crippen LogP contribution in [-0.2, 0) is 16.0 Å². The minimum absolute atomic E-state index is 0.0395. The summed E-state index contributed by atoms with van der Waals surface area (Å²) in [6.45, 7) is 10.1. The first-order chi connectivity index (χ1) is 12.2. The molecule has 142 valence electrons. The lowest BCUT2D eigenvalue weighted by Crippen LogP contribution is -2.50. The van der Waals surface area contributed by atoms with E-state index < -0.39 is 11.7 Å². The second-order valence-electron chi connectivity index (χ2n) is 7.56. The van der Waals surface area contributed by atoms with Crippen molar-refractivity contribution in [3.63, 3.8) is 0 Å². The number of hydrogen-bond acceptors (Lipinski definition) is 3. The molecule has 1 aromatic rings. The second kappa shape index (κ2) is 8.34. The van der Waals surface area contributed by atoms with Gasteiger partial charge in [-0.3, -0.25) is 4.79 Å². The van der Waals surface area contributed by atoms with Crippen LogP contribution in [0.3, 0.4) is 0 Å². The first kappa shape index (κ1) is 19.9. The number of ether oxygens (including phenoxy) is 1. The number of likely N-dealkylation sites (tertiary alicyclic amines) is 1. The maximum absolute atomic E-state index is 13.5. The number of alkyl carbamates (subject to hydrolysis) is 1. The van der Waals surface area contributed by atoms with Crippen LogP contribution < -0.4 is 5.32 Å². The molecule has 1 fully saturated rings. The van der Waals surface area contributed by atoms with E-state index in [4.69, 9.17) is 4.74 Å². The van der Waals surface area contributed by atoms with Gasteiger partial charge >= 0.3 is 6.09 Å². The van der Waals surface area contributed by atoms with Crippen molar-refractivity contribution < 1.29 is 18.7 Å². The first-order valence-corrected chi connectivity index (χ1v) is 8.86. The van der Waals surface area contributed by atoms with Crippen molar-refractivity contribution in [1.29, 1.82) is 0 Å². The summed E-state index contributed by atoms with van der Waals surface area (Å²) in [5.41, 5.74) is 0.576. The van der Waals surface area contributed by atoms with Gasteiger partial charge in [0.2, 0.25) is 5.91 Å². The average molecular weight is 362 g/mol. The maximum Gasteiger partial charge on any atom is 0.407 e. The molecule has 1 aliphatic heterocycles. The van der Waals surface area contributed by atoms with Crippen LogP contribution in [0.15, 0.2) is 24.8 Å². The SMILES string of the molecule is C=Cc1cc(CC(=O)N2CCC[C@H](NC(=O)OC(C)(C)C)C2)ccc1F. The van der Waals surface area contributed by atoms with Crippen LogP contribution in [0, 0.1) is 5.82 Å². The predicted molar refractivity (Wildman–Crippen MR) is 99.2 cm³/mol. The van der Waals surface area contributed by atoms with Gasteiger partial charge in [-0.1, -0.05) is 18.7 Å². The summed E-state index contributed by atoms with van der Waals surface area (Å²) in [7, 11) is 0. The van der Waals surface area contributed by atoms with E-state index in [-0.39, 0.29) is 24.2 Å². The Morgan fingerprint density at radius 2 is 2.15 bits per heavy atom. The average Bonchev–Trinajstić information content (AvgIpc) is 2.55. The molecular weight excluding hydrogens is 335 g/mol. The highest BCUT2D eigenvalue weighted by Gasteiger charge is 2.26. The lowest BCUT2D eigenvalue weighted by Gasteiger charge is -2.33. The van der Waals surface area contributed by atoms with Crippen LogP contribution in [-0.4, -0.2) is 41.6 Å². The molecule has 1 aromatic carbocycles. The van der Waals surface area contributed by atoms with Gasteiger partial charge in [0.1, 0.15) is 11.4 Å². The monoisotopic (exact) mass is 362 g/mol. The Labute approximate surface area is 154 Å². The fraction of sp³-hybridized carbons (Fsp3) is 0.500. The Balaban J connectivity index is 1.93. The third-order valence-electron chi connectivity index (χ3n) is 4.13. The van der Waals surface area contributed by atoms with Gasteiger partial charge in [-0.2, -0.15) is 0 Å². The van der Waals surface area contributed by atoms with E-state index in [1.807, 2.05) is 20.8 Å². The fourth-order valence-corrected chi connectivity index (χ4v) is 2.94. The highest BCUT2D eigenvalue weighted by molar-refractivity contribution is 5.79. The number of benzene rings is 1. The molecule has 2 rings (SSSR count). The molecule has 1 heterocycles. The van der Waals surface area contributed by atoms with Gasteiger partial charge in [-0.15, -0.1) is 0 Å². The summed E-state index contributed by atoms with van der Waals surface area (Å²) in [6.07, 6.45) is 2.78. The molecule has 0 unspecified atom stereocenters. The number of nitrogens with one attached hydrogen (secondary N) is 1. The molecule has 0 saturated carbocycles. The van der Waals surface area contributed by atoms with Crippen LogP contribution in [0.5, 0.6) is 0 Å². The fourth-order valence-electron chi connectivity index (χ4n) is 2.94. The largest absolute Gasteiger partial charge is 0.444 e. The molecule has 0 spiro atoms. The van der Waals surface area contributed by atoms with Crippen LogP contribution in [0.1, 0.15) is 44.7 Å². The van der Waals surface area contributed by atoms with Gasteiger partial charge in [0.25, 0.3) is 0 Å². The quantitative estimate of drug-likeness (QED) is 0.891. The van der Waals surface area contributed by atoms with E-state index in [0.29, 0.717) is 18.7 Å². The summed E-state index contributed by atoms with van der Waals surface area (Å²) >= 11 is 0. The molecule has 6 heteroatoms. The van der Waals surface area contributed by atoms with Crippen molar-refractivity contribution in [3.05, 3.63) is 41.7 Å². The number of nitrogens with zero attached hydrogens (tertiary/aromatic N) is 1. The number of carbonyl (C=O) groups is 2. The van der Waals surface area contributed by atoms with Crippen molar-refractivity contribution in [2.45, 2.75) is 51.7 Å². The van der Waals surface area contributed by atoms with Crippen molar-refractivity contribution in [2.75, 3.05) is 13.1 Å². The zero-order valence-electron chi connectivity index (χ0n) is 15.7. The lowest BCUT2D eigenvalue weighted by atomic mass is 10.0. The molecule has 5 nitrogen and oxygen atoms in total. The molecule has 0 bridgehead atoms. The summed E-state index contributed by atoms with van der Waals surface area (Å²) in [5, 5.41) is 2.83. The summed E-state index contributed by atoms with van der Waals surface area (Å²) < 4.78 is 18.8. The smallest absolute Gasteiger partial charge is 0.407 e. The molecule has 0 radical (unpaired) electrons. The highest BCUT2D eigenvalue weighted by atomic mass is 19.1. The van der Waals surface area contributed by atoms with Crippen molar-refractivity contribution in [1.82, 2.24) is 10.2 Å². The summed E-state index contributed by atoms with van der Waals surface area (Å²) in [6, 6.07) is 4.48. The van der Waals surface area contributed by atoms with Crippen molar-refractivity contribution in [3.8, 4) is 0 Å². The van der Waals surface area contributed by atoms with Crippen molar-refractivity contribution in [2.24, 2.45) is 0 Å². The van der Waals surface area contributed by atoms with E-state index in [0.717, 1.165) is 18.4 Å². The van der Waals surface area contributed by atoms with Gasteiger partial charge in [-0.25, -0.2) is 9.18 Å². The second-order valence-corrected chi connectivity index (χ2v) is 7.56. The summed E-state index contributed by atoms with van der Waals surface area (Å²) in [5.74, 6) is -0.391. The number of piperidine rings is 1. The van der Waals surface area contributed by atoms with Gasteiger partial charge in [0.15, 0.2) is 0 Å². The van der Waals surface area contributed by atoms with E-state index >= 15 is 0 Å². The number of rotatable bonds is 4. The summed E-state index contributed by atoms with van der Waals surface area (Å²) in [4.78, 5) is 26.2. The van der Waals surface area contributed by atoms with Crippen LogP contribution >= 0.6 is 0 Å². The molecule has 1 atom stereocenters. The van der Waals surface area contributed by atoms with E-state index in [2.05, 4.69) is 11.9 Å². The molecule has 2 amide bonds. The highest BCUT2D eigenvalue weighted by Crippen LogP contribution is 2.16. The number of halogens is 1. The molecular formula is C20H27FN2O3. The zero-order chi connectivity index (χ0) is 19.3. The molecule has 1 aliphatic rings. The molecule has 1 saturated heterocycles. The minimum atomic E-state index is -0.556. The van der Waals surface area contributed by atoms with Gasteiger partial charge in [0, 0.05) is 24.7 Å². The predicted octanol–water partition coefficient (Wildman–Crippen LogP) is 3.53. The standard InChI is InChI=1S/C20H27FN2O3/c1-5-15-11-14(8-9-17(15)21)12-18(24)23-10-6-7-16(13-23)22-19(25)26-20(2,3)4/h5,8-9,11,16H,1,6-7,10,12-13H2,2-4H3,(H,22,25)/t16-/m0/s1. The van der Waals surface area contributed by atoms with Gasteiger partial charge < -0.3 is 15.0 Å². The van der Waals surface area contributed by atoms with Gasteiger partial charge in [-0.05, 0) is 51.3 Å².